The molecule has 0 spiro atoms. The van der Waals surface area contributed by atoms with Gasteiger partial charge in [-0.25, -0.2) is 9.78 Å². The van der Waals surface area contributed by atoms with E-state index in [0.717, 1.165) is 10.5 Å². The van der Waals surface area contributed by atoms with E-state index in [4.69, 9.17) is 5.11 Å². The predicted molar refractivity (Wildman–Crippen MR) is 122 cm³/mol. The van der Waals surface area contributed by atoms with Gasteiger partial charge in [-0.2, -0.15) is 0 Å². The molecule has 1 heterocycles. The lowest BCUT2D eigenvalue weighted by Gasteiger charge is -2.10. The number of rotatable bonds is 5. The van der Waals surface area contributed by atoms with Crippen molar-refractivity contribution in [2.45, 2.75) is 6.92 Å². The van der Waals surface area contributed by atoms with Crippen LogP contribution in [0.2, 0.25) is 0 Å². The SMILES string of the molecule is Cc1cccc(NC(=O)c2ccccc2C(=O)c2ccc3nc(N(C)C(=O)O)[nH]c3c2)c1. The van der Waals surface area contributed by atoms with Gasteiger partial charge in [0.05, 0.1) is 16.6 Å². The minimum atomic E-state index is -1.16. The van der Waals surface area contributed by atoms with Crippen LogP contribution >= 0.6 is 0 Å². The molecule has 2 amide bonds. The molecule has 0 fully saturated rings. The number of carbonyl (C=O) groups excluding carboxylic acids is 2. The number of anilines is 2. The second-order valence-corrected chi connectivity index (χ2v) is 7.33. The van der Waals surface area contributed by atoms with Gasteiger partial charge in [-0.3, -0.25) is 14.5 Å². The van der Waals surface area contributed by atoms with Gasteiger partial charge < -0.3 is 15.4 Å². The number of carbonyl (C=O) groups is 3. The molecule has 4 rings (SSSR count). The van der Waals surface area contributed by atoms with Crippen molar-refractivity contribution in [3.05, 3.63) is 89.0 Å². The summed E-state index contributed by atoms with van der Waals surface area (Å²) >= 11 is 0. The molecule has 4 aromatic rings. The highest BCUT2D eigenvalue weighted by Crippen LogP contribution is 2.22. The molecule has 0 unspecified atom stereocenters. The number of imidazole rings is 1. The van der Waals surface area contributed by atoms with Crippen LogP contribution in [-0.4, -0.2) is 39.9 Å². The van der Waals surface area contributed by atoms with Crippen LogP contribution in [0.3, 0.4) is 0 Å². The van der Waals surface area contributed by atoms with Crippen LogP contribution in [0, 0.1) is 6.92 Å². The van der Waals surface area contributed by atoms with Gasteiger partial charge in [-0.15, -0.1) is 0 Å². The number of carboxylic acid groups (broad SMARTS) is 1. The molecule has 0 saturated heterocycles. The highest BCUT2D eigenvalue weighted by molar-refractivity contribution is 6.18. The maximum absolute atomic E-state index is 13.3. The monoisotopic (exact) mass is 428 g/mol. The lowest BCUT2D eigenvalue weighted by atomic mass is 9.97. The summed E-state index contributed by atoms with van der Waals surface area (Å²) in [6.07, 6.45) is -1.16. The lowest BCUT2D eigenvalue weighted by molar-refractivity contribution is 0.0996. The van der Waals surface area contributed by atoms with Gasteiger partial charge in [0.2, 0.25) is 5.95 Å². The normalized spacial score (nSPS) is 10.7. The summed E-state index contributed by atoms with van der Waals surface area (Å²) < 4.78 is 0. The van der Waals surface area contributed by atoms with Crippen LogP contribution in [0.1, 0.15) is 31.8 Å². The van der Waals surface area contributed by atoms with Gasteiger partial charge in [-0.1, -0.05) is 30.3 Å². The Kier molecular flexibility index (Phi) is 5.43. The fourth-order valence-electron chi connectivity index (χ4n) is 3.34. The van der Waals surface area contributed by atoms with Gasteiger partial charge in [0.15, 0.2) is 5.78 Å². The van der Waals surface area contributed by atoms with E-state index in [2.05, 4.69) is 15.3 Å². The molecule has 0 saturated carbocycles. The Morgan fingerprint density at radius 3 is 2.44 bits per heavy atom. The first-order chi connectivity index (χ1) is 15.3. The molecule has 3 aromatic carbocycles. The van der Waals surface area contributed by atoms with Crippen molar-refractivity contribution in [3.63, 3.8) is 0 Å². The number of nitrogens with one attached hydrogen (secondary N) is 2. The number of benzene rings is 3. The van der Waals surface area contributed by atoms with Crippen LogP contribution in [0.4, 0.5) is 16.4 Å². The molecule has 3 N–H and O–H groups in total. The summed E-state index contributed by atoms with van der Waals surface area (Å²) in [6, 6.07) is 18.8. The van der Waals surface area contributed by atoms with Crippen LogP contribution in [0.5, 0.6) is 0 Å². The zero-order valence-electron chi connectivity index (χ0n) is 17.4. The fraction of sp³-hybridized carbons (Fsp3) is 0.0833. The highest BCUT2D eigenvalue weighted by atomic mass is 16.4. The van der Waals surface area contributed by atoms with Gasteiger partial charge in [0.1, 0.15) is 0 Å². The van der Waals surface area contributed by atoms with E-state index in [0.29, 0.717) is 22.3 Å². The number of fused-ring (bicyclic) bond motifs is 1. The molecular formula is C24H20N4O4. The van der Waals surface area contributed by atoms with Crippen molar-refractivity contribution in [2.24, 2.45) is 0 Å². The maximum atomic E-state index is 13.3. The molecule has 8 nitrogen and oxygen atoms in total. The minimum absolute atomic E-state index is 0.148. The number of aryl methyl sites for hydroxylation is 1. The number of aromatic amines is 1. The standard InChI is InChI=1S/C24H20N4O4/c1-14-6-5-7-16(12-14)25-22(30)18-9-4-3-8-17(18)21(29)15-10-11-19-20(13-15)27-23(26-19)28(2)24(31)32/h3-13H,1-2H3,(H,25,30)(H,26,27)(H,31,32). The fourth-order valence-corrected chi connectivity index (χ4v) is 3.34. The first-order valence-corrected chi connectivity index (χ1v) is 9.81. The molecule has 160 valence electrons. The number of ketones is 1. The second-order valence-electron chi connectivity index (χ2n) is 7.33. The molecule has 0 radical (unpaired) electrons. The predicted octanol–water partition coefficient (Wildman–Crippen LogP) is 4.47. The van der Waals surface area contributed by atoms with E-state index in [-0.39, 0.29) is 28.8 Å². The van der Waals surface area contributed by atoms with Gasteiger partial charge >= 0.3 is 6.09 Å². The molecule has 8 heteroatoms. The smallest absolute Gasteiger partial charge is 0.413 e. The maximum Gasteiger partial charge on any atom is 0.413 e. The number of nitrogens with zero attached hydrogens (tertiary/aromatic N) is 2. The Labute approximate surface area is 183 Å². The van der Waals surface area contributed by atoms with Gasteiger partial charge in [-0.05, 0) is 48.9 Å². The first kappa shape index (κ1) is 20.8. The summed E-state index contributed by atoms with van der Waals surface area (Å²) in [7, 11) is 1.37. The second kappa shape index (κ2) is 8.35. The topological polar surface area (TPSA) is 115 Å². The average Bonchev–Trinajstić information content (AvgIpc) is 3.21. The lowest BCUT2D eigenvalue weighted by Crippen LogP contribution is -2.24. The summed E-state index contributed by atoms with van der Waals surface area (Å²) in [5.74, 6) is -0.563. The van der Waals surface area contributed by atoms with Crippen molar-refractivity contribution in [2.75, 3.05) is 17.3 Å². The molecule has 0 bridgehead atoms. The summed E-state index contributed by atoms with van der Waals surface area (Å²) in [4.78, 5) is 45.4. The molecule has 1 aromatic heterocycles. The number of hydrogen-bond donors (Lipinski definition) is 3. The number of amides is 2. The Bertz CT molecular complexity index is 1360. The van der Waals surface area contributed by atoms with Crippen molar-refractivity contribution in [1.82, 2.24) is 9.97 Å². The summed E-state index contributed by atoms with van der Waals surface area (Å²) in [5, 5.41) is 12.0. The quantitative estimate of drug-likeness (QED) is 0.406. The third kappa shape index (κ3) is 4.06. The molecular weight excluding hydrogens is 408 g/mol. The Hall–Kier alpha value is -4.46. The zero-order chi connectivity index (χ0) is 22.8. The number of aromatic nitrogens is 2. The summed E-state index contributed by atoms with van der Waals surface area (Å²) in [5.41, 5.74) is 3.56. The minimum Gasteiger partial charge on any atom is -0.465 e. The Morgan fingerprint density at radius 1 is 0.969 bits per heavy atom. The molecule has 0 aliphatic heterocycles. The summed E-state index contributed by atoms with van der Waals surface area (Å²) in [6.45, 7) is 1.93. The van der Waals surface area contributed by atoms with Crippen LogP contribution < -0.4 is 10.2 Å². The zero-order valence-corrected chi connectivity index (χ0v) is 17.4. The van der Waals surface area contributed by atoms with Crippen molar-refractivity contribution >= 4 is 40.5 Å². The van der Waals surface area contributed by atoms with Crippen molar-refractivity contribution in [3.8, 4) is 0 Å². The van der Waals surface area contributed by atoms with E-state index < -0.39 is 6.09 Å². The van der Waals surface area contributed by atoms with E-state index in [9.17, 15) is 14.4 Å². The van der Waals surface area contributed by atoms with E-state index in [1.165, 1.54) is 7.05 Å². The average molecular weight is 428 g/mol. The van der Waals surface area contributed by atoms with E-state index in [1.54, 1.807) is 48.5 Å². The van der Waals surface area contributed by atoms with E-state index >= 15 is 0 Å². The molecule has 0 aliphatic carbocycles. The molecule has 0 aliphatic rings. The number of hydrogen-bond acceptors (Lipinski definition) is 4. The van der Waals surface area contributed by atoms with Crippen LogP contribution in [0.15, 0.2) is 66.7 Å². The number of H-pyrrole nitrogens is 1. The Balaban J connectivity index is 1.65. The largest absolute Gasteiger partial charge is 0.465 e. The van der Waals surface area contributed by atoms with E-state index in [1.807, 2.05) is 25.1 Å². The molecule has 0 atom stereocenters. The van der Waals surface area contributed by atoms with Crippen molar-refractivity contribution < 1.29 is 19.5 Å². The first-order valence-electron chi connectivity index (χ1n) is 9.81. The van der Waals surface area contributed by atoms with Crippen molar-refractivity contribution in [1.29, 1.82) is 0 Å². The Morgan fingerprint density at radius 2 is 1.72 bits per heavy atom. The molecule has 32 heavy (non-hydrogen) atoms. The van der Waals surface area contributed by atoms with Crippen LogP contribution in [0.25, 0.3) is 11.0 Å². The third-order valence-electron chi connectivity index (χ3n) is 5.03. The highest BCUT2D eigenvalue weighted by Gasteiger charge is 2.20. The third-order valence-corrected chi connectivity index (χ3v) is 5.03. The van der Waals surface area contributed by atoms with Crippen LogP contribution in [-0.2, 0) is 0 Å². The van der Waals surface area contributed by atoms with Gasteiger partial charge in [0, 0.05) is 23.9 Å². The van der Waals surface area contributed by atoms with Gasteiger partial charge in [0.25, 0.3) is 5.91 Å².